The van der Waals surface area contributed by atoms with Gasteiger partial charge in [0.2, 0.25) is 0 Å². The van der Waals surface area contributed by atoms with E-state index in [2.05, 4.69) is 10.6 Å². The Labute approximate surface area is 192 Å². The third-order valence-corrected chi connectivity index (χ3v) is 4.91. The second-order valence-electron chi connectivity index (χ2n) is 6.96. The van der Waals surface area contributed by atoms with Gasteiger partial charge in [0, 0.05) is 36.5 Å². The molecule has 2 amide bonds. The predicted octanol–water partition coefficient (Wildman–Crippen LogP) is 2.70. The van der Waals surface area contributed by atoms with Gasteiger partial charge in [0.25, 0.3) is 11.8 Å². The van der Waals surface area contributed by atoms with Crippen molar-refractivity contribution in [1.29, 1.82) is 0 Å². The van der Waals surface area contributed by atoms with E-state index in [4.69, 9.17) is 26.4 Å². The molecule has 3 rings (SSSR count). The van der Waals surface area contributed by atoms with Gasteiger partial charge in [-0.3, -0.25) is 14.9 Å². The Kier molecular flexibility index (Phi) is 8.97. The molecule has 0 saturated carbocycles. The SMILES string of the molecule is CCOCCOc1ccc(C(=O)NC(=S)Nc2cccc(C(=O)N3CCOCC3)c2)cc1. The molecule has 2 aromatic carbocycles. The largest absolute Gasteiger partial charge is 0.491 e. The summed E-state index contributed by atoms with van der Waals surface area (Å²) in [7, 11) is 0. The molecule has 1 fully saturated rings. The van der Waals surface area contributed by atoms with Crippen molar-refractivity contribution < 1.29 is 23.8 Å². The molecule has 32 heavy (non-hydrogen) atoms. The van der Waals surface area contributed by atoms with Crippen LogP contribution in [0.15, 0.2) is 48.5 Å². The molecule has 1 aliphatic heterocycles. The van der Waals surface area contributed by atoms with E-state index in [0.29, 0.717) is 68.7 Å². The number of hydrogen-bond acceptors (Lipinski definition) is 6. The second-order valence-corrected chi connectivity index (χ2v) is 7.37. The fourth-order valence-electron chi connectivity index (χ4n) is 3.08. The van der Waals surface area contributed by atoms with Crippen LogP contribution in [0.1, 0.15) is 27.6 Å². The van der Waals surface area contributed by atoms with Gasteiger partial charge in [-0.15, -0.1) is 0 Å². The molecule has 1 heterocycles. The number of thiocarbonyl (C=S) groups is 1. The lowest BCUT2D eigenvalue weighted by Gasteiger charge is -2.27. The van der Waals surface area contributed by atoms with Crippen LogP contribution in [-0.4, -0.2) is 68.0 Å². The number of nitrogens with zero attached hydrogens (tertiary/aromatic N) is 1. The normalized spacial score (nSPS) is 13.3. The smallest absolute Gasteiger partial charge is 0.257 e. The van der Waals surface area contributed by atoms with Crippen molar-refractivity contribution in [3.8, 4) is 5.75 Å². The van der Waals surface area contributed by atoms with Gasteiger partial charge in [0.15, 0.2) is 5.11 Å². The van der Waals surface area contributed by atoms with Gasteiger partial charge >= 0.3 is 0 Å². The van der Waals surface area contributed by atoms with Crippen molar-refractivity contribution in [3.05, 3.63) is 59.7 Å². The van der Waals surface area contributed by atoms with Crippen molar-refractivity contribution in [1.82, 2.24) is 10.2 Å². The molecule has 0 spiro atoms. The summed E-state index contributed by atoms with van der Waals surface area (Å²) in [6, 6.07) is 13.8. The van der Waals surface area contributed by atoms with Gasteiger partial charge in [-0.05, 0) is 61.6 Å². The van der Waals surface area contributed by atoms with Crippen molar-refractivity contribution in [2.24, 2.45) is 0 Å². The maximum atomic E-state index is 12.6. The molecule has 0 aromatic heterocycles. The van der Waals surface area contributed by atoms with Gasteiger partial charge in [0.1, 0.15) is 12.4 Å². The quantitative estimate of drug-likeness (QED) is 0.465. The molecule has 2 N–H and O–H groups in total. The molecule has 1 saturated heterocycles. The Balaban J connectivity index is 1.51. The fourth-order valence-corrected chi connectivity index (χ4v) is 3.29. The highest BCUT2D eigenvalue weighted by atomic mass is 32.1. The van der Waals surface area contributed by atoms with E-state index in [1.165, 1.54) is 0 Å². The van der Waals surface area contributed by atoms with Crippen LogP contribution in [0.5, 0.6) is 5.75 Å². The van der Waals surface area contributed by atoms with Crippen LogP contribution in [0.4, 0.5) is 5.69 Å². The number of hydrogen-bond donors (Lipinski definition) is 2. The molecular formula is C23H27N3O5S. The zero-order valence-corrected chi connectivity index (χ0v) is 18.8. The first-order valence-corrected chi connectivity index (χ1v) is 10.9. The first kappa shape index (κ1) is 23.6. The number of morpholine rings is 1. The second kappa shape index (κ2) is 12.1. The third-order valence-electron chi connectivity index (χ3n) is 4.71. The fraction of sp³-hybridized carbons (Fsp3) is 0.348. The predicted molar refractivity (Wildman–Crippen MR) is 125 cm³/mol. The van der Waals surface area contributed by atoms with Crippen molar-refractivity contribution >= 4 is 34.8 Å². The Hall–Kier alpha value is -3.01. The Morgan fingerprint density at radius 2 is 1.81 bits per heavy atom. The minimum atomic E-state index is -0.344. The summed E-state index contributed by atoms with van der Waals surface area (Å²) in [5, 5.41) is 5.74. The molecule has 0 radical (unpaired) electrons. The standard InChI is InChI=1S/C23H27N3O5S/c1-2-29-14-15-31-20-8-6-17(7-9-20)21(27)25-23(32)24-19-5-3-4-18(16-19)22(28)26-10-12-30-13-11-26/h3-9,16H,2,10-15H2,1H3,(H2,24,25,27,32). The number of amides is 2. The molecule has 2 aromatic rings. The number of ether oxygens (including phenoxy) is 3. The Morgan fingerprint density at radius 1 is 1.06 bits per heavy atom. The molecule has 0 bridgehead atoms. The molecule has 9 heteroatoms. The molecule has 8 nitrogen and oxygen atoms in total. The maximum Gasteiger partial charge on any atom is 0.257 e. The summed E-state index contributed by atoms with van der Waals surface area (Å²) in [6.45, 7) is 5.75. The number of rotatable bonds is 8. The Morgan fingerprint density at radius 3 is 2.53 bits per heavy atom. The topological polar surface area (TPSA) is 89.1 Å². The van der Waals surface area contributed by atoms with E-state index in [1.54, 1.807) is 53.4 Å². The van der Waals surface area contributed by atoms with Crippen LogP contribution in [0.25, 0.3) is 0 Å². The van der Waals surface area contributed by atoms with E-state index >= 15 is 0 Å². The number of anilines is 1. The summed E-state index contributed by atoms with van der Waals surface area (Å²) >= 11 is 5.26. The van der Waals surface area contributed by atoms with Gasteiger partial charge in [-0.2, -0.15) is 0 Å². The highest BCUT2D eigenvalue weighted by Crippen LogP contribution is 2.15. The van der Waals surface area contributed by atoms with Crippen LogP contribution >= 0.6 is 12.2 Å². The number of carbonyl (C=O) groups is 2. The van der Waals surface area contributed by atoms with E-state index in [-0.39, 0.29) is 16.9 Å². The zero-order chi connectivity index (χ0) is 22.8. The van der Waals surface area contributed by atoms with Crippen molar-refractivity contribution in [3.63, 3.8) is 0 Å². The summed E-state index contributed by atoms with van der Waals surface area (Å²) in [5.74, 6) is 0.253. The van der Waals surface area contributed by atoms with Gasteiger partial charge < -0.3 is 24.4 Å². The molecule has 0 unspecified atom stereocenters. The molecule has 170 valence electrons. The summed E-state index contributed by atoms with van der Waals surface area (Å²) < 4.78 is 16.1. The van der Waals surface area contributed by atoms with Crippen molar-refractivity contribution in [2.45, 2.75) is 6.92 Å². The van der Waals surface area contributed by atoms with E-state index < -0.39 is 0 Å². The van der Waals surface area contributed by atoms with Crippen LogP contribution in [0.3, 0.4) is 0 Å². The lowest BCUT2D eigenvalue weighted by Crippen LogP contribution is -2.40. The number of nitrogens with one attached hydrogen (secondary N) is 2. The minimum Gasteiger partial charge on any atom is -0.491 e. The van der Waals surface area contributed by atoms with Crippen LogP contribution in [-0.2, 0) is 9.47 Å². The van der Waals surface area contributed by atoms with Gasteiger partial charge in [0.05, 0.1) is 19.8 Å². The number of benzene rings is 2. The summed E-state index contributed by atoms with van der Waals surface area (Å²) in [4.78, 5) is 26.9. The van der Waals surface area contributed by atoms with E-state index in [9.17, 15) is 9.59 Å². The van der Waals surface area contributed by atoms with Crippen LogP contribution in [0, 0.1) is 0 Å². The molecule has 0 aliphatic carbocycles. The monoisotopic (exact) mass is 457 g/mol. The van der Waals surface area contributed by atoms with E-state index in [1.807, 2.05) is 6.92 Å². The lowest BCUT2D eigenvalue weighted by molar-refractivity contribution is 0.0303. The summed E-state index contributed by atoms with van der Waals surface area (Å²) in [6.07, 6.45) is 0. The van der Waals surface area contributed by atoms with Crippen LogP contribution in [0.2, 0.25) is 0 Å². The first-order valence-electron chi connectivity index (χ1n) is 10.5. The van der Waals surface area contributed by atoms with Crippen LogP contribution < -0.4 is 15.4 Å². The highest BCUT2D eigenvalue weighted by molar-refractivity contribution is 7.80. The third kappa shape index (κ3) is 7.01. The molecular weight excluding hydrogens is 430 g/mol. The zero-order valence-electron chi connectivity index (χ0n) is 18.0. The van der Waals surface area contributed by atoms with Gasteiger partial charge in [-0.1, -0.05) is 6.07 Å². The number of carbonyl (C=O) groups excluding carboxylic acids is 2. The maximum absolute atomic E-state index is 12.6. The highest BCUT2D eigenvalue weighted by Gasteiger charge is 2.18. The van der Waals surface area contributed by atoms with E-state index in [0.717, 1.165) is 0 Å². The van der Waals surface area contributed by atoms with Crippen molar-refractivity contribution in [2.75, 3.05) is 51.4 Å². The lowest BCUT2D eigenvalue weighted by atomic mass is 10.1. The average Bonchev–Trinajstić information content (AvgIpc) is 2.82. The first-order chi connectivity index (χ1) is 15.6. The summed E-state index contributed by atoms with van der Waals surface area (Å²) in [5.41, 5.74) is 1.61. The Bertz CT molecular complexity index is 929. The molecule has 0 atom stereocenters. The minimum absolute atomic E-state index is 0.0598. The average molecular weight is 458 g/mol. The molecule has 1 aliphatic rings. The van der Waals surface area contributed by atoms with Gasteiger partial charge in [-0.25, -0.2) is 0 Å².